The van der Waals surface area contributed by atoms with E-state index in [2.05, 4.69) is 5.32 Å². The molecule has 0 saturated carbocycles. The van der Waals surface area contributed by atoms with Crippen LogP contribution in [0.15, 0.2) is 24.3 Å². The van der Waals surface area contributed by atoms with E-state index in [0.29, 0.717) is 18.9 Å². The third kappa shape index (κ3) is 4.73. The van der Waals surface area contributed by atoms with Gasteiger partial charge in [-0.1, -0.05) is 6.92 Å². The number of hydrogen-bond donors (Lipinski definition) is 3. The van der Waals surface area contributed by atoms with Crippen molar-refractivity contribution >= 4 is 5.97 Å². The third-order valence-electron chi connectivity index (χ3n) is 2.62. The molecule has 0 aliphatic rings. The van der Waals surface area contributed by atoms with Crippen LogP contribution in [-0.4, -0.2) is 42.0 Å². The maximum absolute atomic E-state index is 10.6. The van der Waals surface area contributed by atoms with Crippen LogP contribution in [0.2, 0.25) is 0 Å². The van der Waals surface area contributed by atoms with E-state index in [-0.39, 0.29) is 18.2 Å². The highest BCUT2D eigenvalue weighted by molar-refractivity contribution is 5.87. The Balaban J connectivity index is 2.29. The van der Waals surface area contributed by atoms with Crippen LogP contribution < -0.4 is 10.1 Å². The number of nitrogens with one attached hydrogen (secondary N) is 1. The number of aliphatic hydroxyl groups is 1. The van der Waals surface area contributed by atoms with Crippen molar-refractivity contribution in [2.45, 2.75) is 19.4 Å². The van der Waals surface area contributed by atoms with Gasteiger partial charge in [0.15, 0.2) is 0 Å². The summed E-state index contributed by atoms with van der Waals surface area (Å²) in [6.07, 6.45) is 0.865. The Bertz CT molecular complexity index is 360. The Morgan fingerprint density at radius 2 is 2.06 bits per heavy atom. The number of aliphatic hydroxyl groups excluding tert-OH is 1. The second-order valence-electron chi connectivity index (χ2n) is 3.92. The highest BCUT2D eigenvalue weighted by atomic mass is 16.5. The number of benzene rings is 1. The highest BCUT2D eigenvalue weighted by Crippen LogP contribution is 2.11. The average molecular weight is 253 g/mol. The van der Waals surface area contributed by atoms with Gasteiger partial charge in [0.2, 0.25) is 0 Å². The molecule has 5 nitrogen and oxygen atoms in total. The van der Waals surface area contributed by atoms with E-state index in [9.17, 15) is 4.79 Å². The van der Waals surface area contributed by atoms with Crippen LogP contribution in [0.1, 0.15) is 23.7 Å². The van der Waals surface area contributed by atoms with Gasteiger partial charge in [-0.15, -0.1) is 0 Å². The summed E-state index contributed by atoms with van der Waals surface area (Å²) >= 11 is 0. The smallest absolute Gasteiger partial charge is 0.335 e. The Hall–Kier alpha value is -1.59. The van der Waals surface area contributed by atoms with Gasteiger partial charge in [-0.2, -0.15) is 0 Å². The molecule has 0 radical (unpaired) electrons. The molecule has 0 aliphatic heterocycles. The van der Waals surface area contributed by atoms with Crippen molar-refractivity contribution in [2.24, 2.45) is 0 Å². The van der Waals surface area contributed by atoms with Crippen LogP contribution in [0, 0.1) is 0 Å². The van der Waals surface area contributed by atoms with Crippen molar-refractivity contribution in [1.82, 2.24) is 5.32 Å². The number of aromatic carboxylic acids is 1. The summed E-state index contributed by atoms with van der Waals surface area (Å²) in [6.45, 7) is 3.23. The number of carbonyl (C=O) groups is 1. The van der Waals surface area contributed by atoms with Crippen LogP contribution in [0.3, 0.4) is 0 Å². The van der Waals surface area contributed by atoms with E-state index in [0.717, 1.165) is 6.42 Å². The van der Waals surface area contributed by atoms with Crippen LogP contribution in [0.4, 0.5) is 0 Å². The summed E-state index contributed by atoms with van der Waals surface area (Å²) in [6, 6.07) is 6.38. The maximum Gasteiger partial charge on any atom is 0.335 e. The molecule has 1 unspecified atom stereocenters. The Morgan fingerprint density at radius 1 is 1.39 bits per heavy atom. The maximum atomic E-state index is 10.6. The van der Waals surface area contributed by atoms with E-state index in [1.807, 2.05) is 6.92 Å². The van der Waals surface area contributed by atoms with E-state index in [4.69, 9.17) is 14.9 Å². The van der Waals surface area contributed by atoms with E-state index in [1.54, 1.807) is 12.1 Å². The monoisotopic (exact) mass is 253 g/mol. The molecule has 100 valence electrons. The van der Waals surface area contributed by atoms with Gasteiger partial charge in [-0.25, -0.2) is 4.79 Å². The largest absolute Gasteiger partial charge is 0.492 e. The molecular weight excluding hydrogens is 234 g/mol. The van der Waals surface area contributed by atoms with E-state index in [1.165, 1.54) is 12.1 Å². The third-order valence-corrected chi connectivity index (χ3v) is 2.62. The number of ether oxygens (including phenoxy) is 1. The predicted octanol–water partition coefficient (Wildman–Crippen LogP) is 1.12. The molecule has 5 heteroatoms. The lowest BCUT2D eigenvalue weighted by atomic mass is 10.2. The van der Waals surface area contributed by atoms with Gasteiger partial charge < -0.3 is 20.3 Å². The summed E-state index contributed by atoms with van der Waals surface area (Å²) in [5.41, 5.74) is 0.242. The second-order valence-corrected chi connectivity index (χ2v) is 3.92. The van der Waals surface area contributed by atoms with Crippen LogP contribution >= 0.6 is 0 Å². The first-order valence-electron chi connectivity index (χ1n) is 5.97. The SMILES string of the molecule is CCC(CO)NCCOc1ccc(C(=O)O)cc1. The lowest BCUT2D eigenvalue weighted by Gasteiger charge is -2.14. The number of hydrogen-bond acceptors (Lipinski definition) is 4. The summed E-state index contributed by atoms with van der Waals surface area (Å²) in [4.78, 5) is 10.6. The van der Waals surface area contributed by atoms with Gasteiger partial charge in [0, 0.05) is 12.6 Å². The first kappa shape index (κ1) is 14.5. The molecule has 1 aromatic rings. The molecule has 1 rings (SSSR count). The number of carboxylic acid groups (broad SMARTS) is 1. The van der Waals surface area contributed by atoms with Crippen molar-refractivity contribution < 1.29 is 19.7 Å². The number of carboxylic acids is 1. The lowest BCUT2D eigenvalue weighted by Crippen LogP contribution is -2.34. The molecule has 0 bridgehead atoms. The van der Waals surface area contributed by atoms with Crippen molar-refractivity contribution in [3.05, 3.63) is 29.8 Å². The zero-order valence-electron chi connectivity index (χ0n) is 10.4. The number of rotatable bonds is 8. The summed E-state index contributed by atoms with van der Waals surface area (Å²) in [5, 5.41) is 20.8. The first-order valence-corrected chi connectivity index (χ1v) is 5.97. The molecule has 0 fully saturated rings. The average Bonchev–Trinajstić information content (AvgIpc) is 2.39. The molecule has 0 saturated heterocycles. The first-order chi connectivity index (χ1) is 8.67. The lowest BCUT2D eigenvalue weighted by molar-refractivity contribution is 0.0697. The quantitative estimate of drug-likeness (QED) is 0.605. The van der Waals surface area contributed by atoms with Gasteiger partial charge >= 0.3 is 5.97 Å². The topological polar surface area (TPSA) is 78.8 Å². The standard InChI is InChI=1S/C13H19NO4/c1-2-11(9-15)14-7-8-18-12-5-3-10(4-6-12)13(16)17/h3-6,11,14-15H,2,7-9H2,1H3,(H,16,17). The van der Waals surface area contributed by atoms with Crippen molar-refractivity contribution in [3.8, 4) is 5.75 Å². The minimum Gasteiger partial charge on any atom is -0.492 e. The normalized spacial score (nSPS) is 12.1. The van der Waals surface area contributed by atoms with Gasteiger partial charge in [-0.3, -0.25) is 0 Å². The van der Waals surface area contributed by atoms with Gasteiger partial charge in [0.05, 0.1) is 12.2 Å². The van der Waals surface area contributed by atoms with Crippen molar-refractivity contribution in [2.75, 3.05) is 19.8 Å². The Morgan fingerprint density at radius 3 is 2.56 bits per heavy atom. The van der Waals surface area contributed by atoms with Crippen molar-refractivity contribution in [3.63, 3.8) is 0 Å². The zero-order chi connectivity index (χ0) is 13.4. The molecule has 0 amide bonds. The van der Waals surface area contributed by atoms with E-state index < -0.39 is 5.97 Å². The summed E-state index contributed by atoms with van der Waals surface area (Å²) < 4.78 is 5.44. The molecule has 0 spiro atoms. The minimum atomic E-state index is -0.947. The summed E-state index contributed by atoms with van der Waals surface area (Å²) in [5.74, 6) is -0.309. The molecule has 3 N–H and O–H groups in total. The van der Waals surface area contributed by atoms with Crippen LogP contribution in [0.25, 0.3) is 0 Å². The van der Waals surface area contributed by atoms with Crippen molar-refractivity contribution in [1.29, 1.82) is 0 Å². The van der Waals surface area contributed by atoms with Gasteiger partial charge in [0.25, 0.3) is 0 Å². The van der Waals surface area contributed by atoms with Gasteiger partial charge in [0.1, 0.15) is 12.4 Å². The second kappa shape index (κ2) is 7.68. The zero-order valence-corrected chi connectivity index (χ0v) is 10.4. The van der Waals surface area contributed by atoms with Crippen LogP contribution in [-0.2, 0) is 0 Å². The highest BCUT2D eigenvalue weighted by Gasteiger charge is 2.03. The Kier molecular flexibility index (Phi) is 6.18. The summed E-state index contributed by atoms with van der Waals surface area (Å²) in [7, 11) is 0. The van der Waals surface area contributed by atoms with Gasteiger partial charge in [-0.05, 0) is 30.7 Å². The molecule has 1 aromatic carbocycles. The molecule has 0 aromatic heterocycles. The molecular formula is C13H19NO4. The fraction of sp³-hybridized carbons (Fsp3) is 0.462. The molecule has 18 heavy (non-hydrogen) atoms. The fourth-order valence-electron chi connectivity index (χ4n) is 1.46. The van der Waals surface area contributed by atoms with Crippen LogP contribution in [0.5, 0.6) is 5.75 Å². The van der Waals surface area contributed by atoms with E-state index >= 15 is 0 Å². The molecule has 1 atom stereocenters. The molecule has 0 aliphatic carbocycles. The minimum absolute atomic E-state index is 0.1000. The predicted molar refractivity (Wildman–Crippen MR) is 68.1 cm³/mol. The molecule has 0 heterocycles. The fourth-order valence-corrected chi connectivity index (χ4v) is 1.46. The Labute approximate surface area is 106 Å².